The van der Waals surface area contributed by atoms with E-state index in [9.17, 15) is 9.18 Å². The minimum Gasteiger partial charge on any atom is -0.344 e. The highest BCUT2D eigenvalue weighted by Gasteiger charge is 2.26. The molecule has 2 atom stereocenters. The van der Waals surface area contributed by atoms with E-state index in [1.807, 2.05) is 32.9 Å². The first-order valence-corrected chi connectivity index (χ1v) is 9.89. The van der Waals surface area contributed by atoms with E-state index in [0.29, 0.717) is 16.7 Å². The zero-order valence-electron chi connectivity index (χ0n) is 16.6. The van der Waals surface area contributed by atoms with Crippen LogP contribution in [0.3, 0.4) is 0 Å². The molecule has 0 saturated carbocycles. The van der Waals surface area contributed by atoms with Crippen molar-refractivity contribution in [2.45, 2.75) is 39.7 Å². The van der Waals surface area contributed by atoms with Crippen molar-refractivity contribution >= 4 is 17.5 Å². The molecule has 1 heterocycles. The summed E-state index contributed by atoms with van der Waals surface area (Å²) in [5, 5.41) is 7.66. The van der Waals surface area contributed by atoms with Crippen LogP contribution in [0.25, 0.3) is 11.4 Å². The molecule has 1 N–H and O–H groups in total. The fraction of sp³-hybridized carbons (Fsp3) is 0.318. The van der Waals surface area contributed by atoms with Crippen molar-refractivity contribution in [1.82, 2.24) is 15.5 Å². The maximum Gasteiger partial charge on any atom is 0.249 e. The molecule has 1 aromatic heterocycles. The van der Waals surface area contributed by atoms with Gasteiger partial charge in [0.25, 0.3) is 0 Å². The Morgan fingerprint density at radius 3 is 2.62 bits per heavy atom. The minimum atomic E-state index is -0.421. The molecule has 1 amide bonds. The molecule has 29 heavy (non-hydrogen) atoms. The van der Waals surface area contributed by atoms with Gasteiger partial charge in [0.1, 0.15) is 11.9 Å². The van der Waals surface area contributed by atoms with E-state index in [1.165, 1.54) is 12.1 Å². The Labute approximate surface area is 174 Å². The molecule has 3 rings (SSSR count). The zero-order chi connectivity index (χ0) is 21.0. The van der Waals surface area contributed by atoms with Crippen molar-refractivity contribution in [2.75, 3.05) is 0 Å². The Bertz CT molecular complexity index is 988. The quantitative estimate of drug-likeness (QED) is 0.569. The van der Waals surface area contributed by atoms with Crippen LogP contribution in [-0.2, 0) is 11.2 Å². The molecule has 0 saturated heterocycles. The van der Waals surface area contributed by atoms with Crippen LogP contribution in [0, 0.1) is 18.7 Å². The number of aromatic nitrogens is 2. The summed E-state index contributed by atoms with van der Waals surface area (Å²) in [5.41, 5.74) is 2.44. The number of carbonyl (C=O) groups excluding carboxylic acids is 1. The molecule has 0 radical (unpaired) electrons. The third-order valence-corrected chi connectivity index (χ3v) is 5.35. The number of carbonyl (C=O) groups is 1. The van der Waals surface area contributed by atoms with Gasteiger partial charge in [0.05, 0.1) is 6.42 Å². The normalized spacial score (nSPS) is 13.1. The number of hydrogen-bond acceptors (Lipinski definition) is 4. The number of rotatable bonds is 7. The summed E-state index contributed by atoms with van der Waals surface area (Å²) < 4.78 is 18.5. The molecule has 0 aliphatic carbocycles. The van der Waals surface area contributed by atoms with Crippen LogP contribution in [0.5, 0.6) is 0 Å². The molecule has 152 valence electrons. The average molecular weight is 416 g/mol. The zero-order valence-corrected chi connectivity index (χ0v) is 17.3. The van der Waals surface area contributed by atoms with Crippen LogP contribution < -0.4 is 5.32 Å². The van der Waals surface area contributed by atoms with Gasteiger partial charge in [-0.05, 0) is 42.2 Å². The Morgan fingerprint density at radius 1 is 1.24 bits per heavy atom. The molecule has 0 unspecified atom stereocenters. The Balaban J connectivity index is 1.78. The van der Waals surface area contributed by atoms with Crippen LogP contribution in [0.4, 0.5) is 4.39 Å². The van der Waals surface area contributed by atoms with E-state index >= 15 is 0 Å². The predicted octanol–water partition coefficient (Wildman–Crippen LogP) is 5.28. The second-order valence-electron chi connectivity index (χ2n) is 7.15. The third-order valence-electron chi connectivity index (χ3n) is 4.95. The summed E-state index contributed by atoms with van der Waals surface area (Å²) in [6, 6.07) is 11.0. The predicted molar refractivity (Wildman–Crippen MR) is 110 cm³/mol. The highest BCUT2D eigenvalue weighted by Crippen LogP contribution is 2.27. The lowest BCUT2D eigenvalue weighted by Crippen LogP contribution is -2.33. The number of nitrogens with one attached hydrogen (secondary N) is 1. The first-order chi connectivity index (χ1) is 13.9. The fourth-order valence-corrected chi connectivity index (χ4v) is 3.09. The van der Waals surface area contributed by atoms with Gasteiger partial charge in [-0.25, -0.2) is 4.39 Å². The van der Waals surface area contributed by atoms with E-state index in [-0.39, 0.29) is 24.1 Å². The van der Waals surface area contributed by atoms with Gasteiger partial charge in [-0.3, -0.25) is 4.79 Å². The van der Waals surface area contributed by atoms with E-state index in [1.54, 1.807) is 18.2 Å². The molecule has 2 aromatic carbocycles. The number of amides is 1. The first-order valence-electron chi connectivity index (χ1n) is 9.51. The van der Waals surface area contributed by atoms with Crippen LogP contribution in [0.1, 0.15) is 43.3 Å². The average Bonchev–Trinajstić information content (AvgIpc) is 3.19. The van der Waals surface area contributed by atoms with Gasteiger partial charge >= 0.3 is 0 Å². The number of benzene rings is 2. The van der Waals surface area contributed by atoms with Gasteiger partial charge < -0.3 is 9.84 Å². The largest absolute Gasteiger partial charge is 0.344 e. The van der Waals surface area contributed by atoms with Crippen molar-refractivity contribution < 1.29 is 13.7 Å². The molecular weight excluding hydrogens is 393 g/mol. The van der Waals surface area contributed by atoms with E-state index in [0.717, 1.165) is 23.1 Å². The fourth-order valence-electron chi connectivity index (χ4n) is 2.91. The first kappa shape index (κ1) is 21.0. The Morgan fingerprint density at radius 2 is 1.97 bits per heavy atom. The number of halogens is 2. The minimum absolute atomic E-state index is 0.0853. The molecule has 0 aliphatic rings. The van der Waals surface area contributed by atoms with Crippen molar-refractivity contribution in [3.05, 3.63) is 70.3 Å². The van der Waals surface area contributed by atoms with E-state index in [4.69, 9.17) is 16.1 Å². The lowest BCUT2D eigenvalue weighted by atomic mass is 9.98. The lowest BCUT2D eigenvalue weighted by molar-refractivity contribution is -0.121. The SMILES string of the molecule is CC[C@@H](C)[C@@H](NC(=O)Cc1ccc(F)cc1)c1nc(-c2ccc(C)c(Cl)c2)no1. The highest BCUT2D eigenvalue weighted by molar-refractivity contribution is 6.31. The smallest absolute Gasteiger partial charge is 0.249 e. The van der Waals surface area contributed by atoms with Gasteiger partial charge in [-0.1, -0.05) is 61.3 Å². The number of nitrogens with zero attached hydrogens (tertiary/aromatic N) is 2. The van der Waals surface area contributed by atoms with Crippen LogP contribution >= 0.6 is 11.6 Å². The summed E-state index contributed by atoms with van der Waals surface area (Å²) in [4.78, 5) is 17.0. The molecule has 0 fully saturated rings. The van der Waals surface area contributed by atoms with Gasteiger partial charge in [0, 0.05) is 10.6 Å². The van der Waals surface area contributed by atoms with Crippen LogP contribution in [-0.4, -0.2) is 16.0 Å². The van der Waals surface area contributed by atoms with E-state index < -0.39 is 6.04 Å². The molecule has 7 heteroatoms. The van der Waals surface area contributed by atoms with Crippen molar-refractivity contribution in [3.8, 4) is 11.4 Å². The highest BCUT2D eigenvalue weighted by atomic mass is 35.5. The lowest BCUT2D eigenvalue weighted by Gasteiger charge is -2.20. The summed E-state index contributed by atoms with van der Waals surface area (Å²) in [5.74, 6) is 0.324. The second-order valence-corrected chi connectivity index (χ2v) is 7.56. The standard InChI is InChI=1S/C22H23ClFN3O2/c1-4-13(2)20(25-19(28)11-15-6-9-17(24)10-7-15)22-26-21(27-29-22)16-8-5-14(3)18(23)12-16/h5-10,12-13,20H,4,11H2,1-3H3,(H,25,28)/t13-,20-/m1/s1. The van der Waals surface area contributed by atoms with Crippen LogP contribution in [0.15, 0.2) is 47.0 Å². The second kappa shape index (κ2) is 9.18. The van der Waals surface area contributed by atoms with Gasteiger partial charge in [0.2, 0.25) is 17.6 Å². The van der Waals surface area contributed by atoms with Gasteiger partial charge in [0.15, 0.2) is 0 Å². The molecule has 5 nitrogen and oxygen atoms in total. The Hall–Kier alpha value is -2.73. The number of hydrogen-bond donors (Lipinski definition) is 1. The summed E-state index contributed by atoms with van der Waals surface area (Å²) in [7, 11) is 0. The molecule has 0 aliphatic heterocycles. The Kier molecular flexibility index (Phi) is 6.64. The molecular formula is C22H23ClFN3O2. The maximum absolute atomic E-state index is 13.1. The van der Waals surface area contributed by atoms with Gasteiger partial charge in [-0.15, -0.1) is 0 Å². The van der Waals surface area contributed by atoms with E-state index in [2.05, 4.69) is 15.5 Å². The summed E-state index contributed by atoms with van der Waals surface area (Å²) >= 11 is 6.19. The number of aryl methyl sites for hydroxylation is 1. The summed E-state index contributed by atoms with van der Waals surface area (Å²) in [6.45, 7) is 5.96. The topological polar surface area (TPSA) is 68.0 Å². The molecule has 0 spiro atoms. The summed E-state index contributed by atoms with van der Waals surface area (Å²) in [6.07, 6.45) is 0.956. The molecule has 0 bridgehead atoms. The van der Waals surface area contributed by atoms with Crippen LogP contribution in [0.2, 0.25) is 5.02 Å². The molecule has 3 aromatic rings. The van der Waals surface area contributed by atoms with Gasteiger partial charge in [-0.2, -0.15) is 4.98 Å². The van der Waals surface area contributed by atoms with Crippen molar-refractivity contribution in [2.24, 2.45) is 5.92 Å². The monoisotopic (exact) mass is 415 g/mol. The third kappa shape index (κ3) is 5.21. The van der Waals surface area contributed by atoms with Crippen molar-refractivity contribution in [3.63, 3.8) is 0 Å². The maximum atomic E-state index is 13.1. The van der Waals surface area contributed by atoms with Crippen molar-refractivity contribution in [1.29, 1.82) is 0 Å².